The molecular weight excluding hydrogens is 240 g/mol. The standard InChI is InChI=1S/C20H24/c1-16(14-15-20(2,3)4)17-10-12-19(13-11-17)18-8-6-5-7-9-18/h5-14H,15H2,1-4H3/b16-14+. The van der Waals surface area contributed by atoms with E-state index >= 15 is 0 Å². The van der Waals surface area contributed by atoms with Crippen molar-refractivity contribution in [1.29, 1.82) is 0 Å². The quantitative estimate of drug-likeness (QED) is 0.619. The topological polar surface area (TPSA) is 0 Å². The van der Waals surface area contributed by atoms with Crippen LogP contribution in [-0.4, -0.2) is 0 Å². The summed E-state index contributed by atoms with van der Waals surface area (Å²) >= 11 is 0. The molecule has 0 amide bonds. The van der Waals surface area contributed by atoms with Crippen molar-refractivity contribution in [2.24, 2.45) is 5.41 Å². The molecule has 0 radical (unpaired) electrons. The molecule has 0 spiro atoms. The minimum atomic E-state index is 0.352. The Morgan fingerprint density at radius 3 is 1.95 bits per heavy atom. The molecule has 0 aliphatic carbocycles. The lowest BCUT2D eigenvalue weighted by Crippen LogP contribution is -2.02. The van der Waals surface area contributed by atoms with Gasteiger partial charge in [0.15, 0.2) is 0 Å². The average Bonchev–Trinajstić information content (AvgIpc) is 2.45. The van der Waals surface area contributed by atoms with Crippen LogP contribution in [0.3, 0.4) is 0 Å². The molecular formula is C20H24. The molecule has 0 heteroatoms. The van der Waals surface area contributed by atoms with E-state index in [0.29, 0.717) is 5.41 Å². The van der Waals surface area contributed by atoms with Gasteiger partial charge in [0.1, 0.15) is 0 Å². The summed E-state index contributed by atoms with van der Waals surface area (Å²) in [6, 6.07) is 19.4. The number of rotatable bonds is 3. The maximum atomic E-state index is 2.34. The van der Waals surface area contributed by atoms with Crippen molar-refractivity contribution in [3.63, 3.8) is 0 Å². The van der Waals surface area contributed by atoms with Crippen LogP contribution >= 0.6 is 0 Å². The SMILES string of the molecule is C/C(=C\CC(C)(C)C)c1ccc(-c2ccccc2)cc1. The predicted octanol–water partition coefficient (Wildman–Crippen LogP) is 6.19. The van der Waals surface area contributed by atoms with Crippen molar-refractivity contribution >= 4 is 5.57 Å². The van der Waals surface area contributed by atoms with Crippen molar-refractivity contribution in [2.45, 2.75) is 34.1 Å². The molecule has 2 aromatic rings. The van der Waals surface area contributed by atoms with E-state index in [-0.39, 0.29) is 0 Å². The van der Waals surface area contributed by atoms with E-state index in [9.17, 15) is 0 Å². The van der Waals surface area contributed by atoms with Crippen molar-refractivity contribution in [1.82, 2.24) is 0 Å². The average molecular weight is 264 g/mol. The van der Waals surface area contributed by atoms with Gasteiger partial charge in [-0.1, -0.05) is 81.4 Å². The van der Waals surface area contributed by atoms with E-state index in [0.717, 1.165) is 6.42 Å². The van der Waals surface area contributed by atoms with Crippen LogP contribution in [0.4, 0.5) is 0 Å². The van der Waals surface area contributed by atoms with Gasteiger partial charge < -0.3 is 0 Å². The number of allylic oxidation sites excluding steroid dienone is 2. The summed E-state index contributed by atoms with van der Waals surface area (Å²) < 4.78 is 0. The van der Waals surface area contributed by atoms with E-state index in [1.54, 1.807) is 0 Å². The maximum Gasteiger partial charge on any atom is -0.0184 e. The van der Waals surface area contributed by atoms with Crippen LogP contribution in [0.15, 0.2) is 60.7 Å². The Bertz CT molecular complexity index is 566. The van der Waals surface area contributed by atoms with Crippen LogP contribution in [0.25, 0.3) is 16.7 Å². The van der Waals surface area contributed by atoms with Crippen LogP contribution in [0, 0.1) is 5.41 Å². The summed E-state index contributed by atoms with van der Waals surface area (Å²) in [5, 5.41) is 0. The van der Waals surface area contributed by atoms with E-state index in [4.69, 9.17) is 0 Å². The summed E-state index contributed by atoms with van der Waals surface area (Å²) in [6.07, 6.45) is 3.46. The molecule has 0 nitrogen and oxygen atoms in total. The summed E-state index contributed by atoms with van der Waals surface area (Å²) in [7, 11) is 0. The Labute approximate surface area is 123 Å². The predicted molar refractivity (Wildman–Crippen MR) is 89.6 cm³/mol. The van der Waals surface area contributed by atoms with E-state index in [1.807, 2.05) is 0 Å². The summed E-state index contributed by atoms with van der Waals surface area (Å²) in [5.41, 5.74) is 5.58. The van der Waals surface area contributed by atoms with Gasteiger partial charge >= 0.3 is 0 Å². The molecule has 0 saturated carbocycles. The zero-order valence-corrected chi connectivity index (χ0v) is 13.0. The van der Waals surface area contributed by atoms with Gasteiger partial charge in [-0.05, 0) is 41.0 Å². The largest absolute Gasteiger partial charge is 0.0805 e. The van der Waals surface area contributed by atoms with Gasteiger partial charge in [0.25, 0.3) is 0 Å². The first-order valence-corrected chi connectivity index (χ1v) is 7.28. The molecule has 2 rings (SSSR count). The molecule has 104 valence electrons. The first-order chi connectivity index (χ1) is 9.46. The summed E-state index contributed by atoms with van der Waals surface area (Å²) in [6.45, 7) is 9.02. The van der Waals surface area contributed by atoms with E-state index in [1.165, 1.54) is 22.3 Å². The first-order valence-electron chi connectivity index (χ1n) is 7.28. The number of hydrogen-bond acceptors (Lipinski definition) is 0. The molecule has 2 aromatic carbocycles. The molecule has 20 heavy (non-hydrogen) atoms. The van der Waals surface area contributed by atoms with E-state index < -0.39 is 0 Å². The van der Waals surface area contributed by atoms with E-state index in [2.05, 4.69) is 88.4 Å². The number of benzene rings is 2. The van der Waals surface area contributed by atoms with Crippen LogP contribution in [-0.2, 0) is 0 Å². The van der Waals surface area contributed by atoms with Gasteiger partial charge in [0, 0.05) is 0 Å². The fourth-order valence-electron chi connectivity index (χ4n) is 2.13. The zero-order valence-electron chi connectivity index (χ0n) is 13.0. The highest BCUT2D eigenvalue weighted by molar-refractivity contribution is 5.69. The third kappa shape index (κ3) is 4.09. The lowest BCUT2D eigenvalue weighted by Gasteiger charge is -2.15. The van der Waals surface area contributed by atoms with Gasteiger partial charge in [0.05, 0.1) is 0 Å². The van der Waals surface area contributed by atoms with Crippen LogP contribution in [0.5, 0.6) is 0 Å². The van der Waals surface area contributed by atoms with Gasteiger partial charge in [0.2, 0.25) is 0 Å². The highest BCUT2D eigenvalue weighted by atomic mass is 14.1. The fourth-order valence-corrected chi connectivity index (χ4v) is 2.13. The second-order valence-electron chi connectivity index (χ2n) is 6.60. The third-order valence-electron chi connectivity index (χ3n) is 3.47. The smallest absolute Gasteiger partial charge is 0.0184 e. The Kier molecular flexibility index (Phi) is 4.44. The molecule has 0 heterocycles. The minimum Gasteiger partial charge on any atom is -0.0805 e. The van der Waals surface area contributed by atoms with Crippen molar-refractivity contribution in [3.05, 3.63) is 66.2 Å². The molecule has 0 N–H and O–H groups in total. The maximum absolute atomic E-state index is 2.34. The second-order valence-corrected chi connectivity index (χ2v) is 6.60. The summed E-state index contributed by atoms with van der Waals surface area (Å²) in [4.78, 5) is 0. The molecule has 0 aromatic heterocycles. The second kappa shape index (κ2) is 6.09. The third-order valence-corrected chi connectivity index (χ3v) is 3.47. The molecule has 0 bridgehead atoms. The number of hydrogen-bond donors (Lipinski definition) is 0. The van der Waals surface area contributed by atoms with Crippen LogP contribution in [0.2, 0.25) is 0 Å². The highest BCUT2D eigenvalue weighted by Crippen LogP contribution is 2.25. The van der Waals surface area contributed by atoms with Crippen LogP contribution in [0.1, 0.15) is 39.7 Å². The lowest BCUT2D eigenvalue weighted by atomic mass is 9.90. The molecule has 0 unspecified atom stereocenters. The van der Waals surface area contributed by atoms with Gasteiger partial charge in [-0.2, -0.15) is 0 Å². The highest BCUT2D eigenvalue weighted by Gasteiger charge is 2.08. The van der Waals surface area contributed by atoms with Crippen molar-refractivity contribution in [2.75, 3.05) is 0 Å². The Balaban J connectivity index is 2.16. The first kappa shape index (κ1) is 14.6. The van der Waals surface area contributed by atoms with Crippen LogP contribution < -0.4 is 0 Å². The molecule has 0 saturated heterocycles. The minimum absolute atomic E-state index is 0.352. The van der Waals surface area contributed by atoms with Crippen molar-refractivity contribution < 1.29 is 0 Å². The zero-order chi connectivity index (χ0) is 14.6. The Morgan fingerprint density at radius 2 is 1.40 bits per heavy atom. The van der Waals surface area contributed by atoms with Gasteiger partial charge in [-0.3, -0.25) is 0 Å². The van der Waals surface area contributed by atoms with Crippen molar-refractivity contribution in [3.8, 4) is 11.1 Å². The lowest BCUT2D eigenvalue weighted by molar-refractivity contribution is 0.421. The normalized spacial score (nSPS) is 12.5. The Morgan fingerprint density at radius 1 is 0.850 bits per heavy atom. The molecule has 0 atom stereocenters. The molecule has 0 aliphatic rings. The monoisotopic (exact) mass is 264 g/mol. The van der Waals surface area contributed by atoms with Gasteiger partial charge in [-0.25, -0.2) is 0 Å². The fraction of sp³-hybridized carbons (Fsp3) is 0.300. The van der Waals surface area contributed by atoms with Gasteiger partial charge in [-0.15, -0.1) is 0 Å². The Hall–Kier alpha value is -1.82. The molecule has 0 aliphatic heterocycles. The molecule has 0 fully saturated rings. The summed E-state index contributed by atoms with van der Waals surface area (Å²) in [5.74, 6) is 0.